The molecule has 6 heteroatoms. The Morgan fingerprint density at radius 2 is 1.85 bits per heavy atom. The first-order chi connectivity index (χ1) is 12.7. The molecule has 0 radical (unpaired) electrons. The number of hydrogen-bond acceptors (Lipinski definition) is 3. The summed E-state index contributed by atoms with van der Waals surface area (Å²) in [7, 11) is 0. The van der Waals surface area contributed by atoms with E-state index in [-0.39, 0.29) is 5.92 Å². The molecule has 0 bridgehead atoms. The topological polar surface area (TPSA) is 41.4 Å². The molecule has 1 aromatic heterocycles. The standard InChI is InChI=1S/C20H25ClN4O/c21-17-7-4-8-18(15-17)25-10-9-22-20(25)24-13-11-23(12-14-24)19(26)16-5-2-1-3-6-16/h4,7-10,15-16H,1-3,5-6,11-14H2. The Kier molecular flexibility index (Phi) is 5.16. The number of carbonyl (C=O) groups is 1. The second kappa shape index (κ2) is 7.70. The summed E-state index contributed by atoms with van der Waals surface area (Å²) in [6.45, 7) is 3.18. The van der Waals surface area contributed by atoms with E-state index in [0.717, 1.165) is 50.7 Å². The molecule has 1 aliphatic carbocycles. The Labute approximate surface area is 159 Å². The minimum atomic E-state index is 0.253. The third-order valence-corrected chi connectivity index (χ3v) is 5.77. The lowest BCUT2D eigenvalue weighted by Gasteiger charge is -2.37. The van der Waals surface area contributed by atoms with E-state index in [4.69, 9.17) is 11.6 Å². The molecule has 1 aromatic carbocycles. The summed E-state index contributed by atoms with van der Waals surface area (Å²) in [5, 5.41) is 0.713. The molecule has 26 heavy (non-hydrogen) atoms. The van der Waals surface area contributed by atoms with E-state index in [1.54, 1.807) is 0 Å². The average molecular weight is 373 g/mol. The van der Waals surface area contributed by atoms with Gasteiger partial charge in [0.05, 0.1) is 0 Å². The number of hydrogen-bond donors (Lipinski definition) is 0. The van der Waals surface area contributed by atoms with E-state index in [0.29, 0.717) is 10.9 Å². The lowest BCUT2D eigenvalue weighted by Crippen LogP contribution is -2.51. The molecule has 2 aromatic rings. The summed E-state index contributed by atoms with van der Waals surface area (Å²) in [6.07, 6.45) is 9.59. The van der Waals surface area contributed by atoms with Crippen molar-refractivity contribution in [1.82, 2.24) is 14.5 Å². The Morgan fingerprint density at radius 1 is 1.08 bits per heavy atom. The Balaban J connectivity index is 1.43. The number of amides is 1. The molecule has 2 heterocycles. The zero-order chi connectivity index (χ0) is 17.9. The van der Waals surface area contributed by atoms with Crippen LogP contribution in [0.25, 0.3) is 5.69 Å². The second-order valence-corrected chi connectivity index (χ2v) is 7.66. The van der Waals surface area contributed by atoms with E-state index in [2.05, 4.69) is 19.4 Å². The van der Waals surface area contributed by atoms with Gasteiger partial charge in [-0.1, -0.05) is 36.9 Å². The van der Waals surface area contributed by atoms with Gasteiger partial charge < -0.3 is 9.80 Å². The first-order valence-corrected chi connectivity index (χ1v) is 9.93. The van der Waals surface area contributed by atoms with Gasteiger partial charge in [-0.2, -0.15) is 0 Å². The highest BCUT2D eigenvalue weighted by Gasteiger charge is 2.29. The molecule has 1 aliphatic heterocycles. The van der Waals surface area contributed by atoms with Gasteiger partial charge in [0.1, 0.15) is 0 Å². The third-order valence-electron chi connectivity index (χ3n) is 5.54. The van der Waals surface area contributed by atoms with Crippen molar-refractivity contribution in [3.63, 3.8) is 0 Å². The van der Waals surface area contributed by atoms with Gasteiger partial charge in [0.25, 0.3) is 0 Å². The normalized spacial score (nSPS) is 19.0. The van der Waals surface area contributed by atoms with Gasteiger partial charge in [-0.3, -0.25) is 9.36 Å². The monoisotopic (exact) mass is 372 g/mol. The fourth-order valence-electron chi connectivity index (χ4n) is 4.09. The van der Waals surface area contributed by atoms with Crippen molar-refractivity contribution in [2.45, 2.75) is 32.1 Å². The predicted molar refractivity (Wildman–Crippen MR) is 104 cm³/mol. The van der Waals surface area contributed by atoms with Crippen LogP contribution in [0.5, 0.6) is 0 Å². The molecule has 2 aliphatic rings. The number of imidazole rings is 1. The minimum absolute atomic E-state index is 0.253. The second-order valence-electron chi connectivity index (χ2n) is 7.22. The number of carbonyl (C=O) groups excluding carboxylic acids is 1. The predicted octanol–water partition coefficient (Wildman–Crippen LogP) is 3.75. The largest absolute Gasteiger partial charge is 0.339 e. The number of benzene rings is 1. The Morgan fingerprint density at radius 3 is 2.58 bits per heavy atom. The van der Waals surface area contributed by atoms with Crippen molar-refractivity contribution < 1.29 is 4.79 Å². The van der Waals surface area contributed by atoms with Gasteiger partial charge in [-0.15, -0.1) is 0 Å². The number of aromatic nitrogens is 2. The summed E-state index contributed by atoms with van der Waals surface area (Å²) >= 11 is 6.14. The third kappa shape index (κ3) is 3.58. The molecule has 138 valence electrons. The highest BCUT2D eigenvalue weighted by molar-refractivity contribution is 6.30. The molecule has 1 amide bonds. The van der Waals surface area contributed by atoms with Gasteiger partial charge in [0, 0.05) is 55.2 Å². The van der Waals surface area contributed by atoms with Gasteiger partial charge in [0.15, 0.2) is 0 Å². The van der Waals surface area contributed by atoms with Crippen LogP contribution in [0.2, 0.25) is 5.02 Å². The Bertz CT molecular complexity index is 761. The molecule has 1 saturated carbocycles. The number of anilines is 1. The summed E-state index contributed by atoms with van der Waals surface area (Å²) in [5.74, 6) is 1.53. The molecule has 2 fully saturated rings. The molecule has 0 atom stereocenters. The van der Waals surface area contributed by atoms with Crippen LogP contribution >= 0.6 is 11.6 Å². The maximum atomic E-state index is 12.7. The fraction of sp³-hybridized carbons (Fsp3) is 0.500. The van der Waals surface area contributed by atoms with Crippen molar-refractivity contribution in [2.24, 2.45) is 5.92 Å². The van der Waals surface area contributed by atoms with Crippen LogP contribution in [0.15, 0.2) is 36.7 Å². The average Bonchev–Trinajstić information content (AvgIpc) is 3.18. The zero-order valence-electron chi connectivity index (χ0n) is 15.0. The lowest BCUT2D eigenvalue weighted by atomic mass is 9.88. The van der Waals surface area contributed by atoms with Crippen LogP contribution in [0.1, 0.15) is 32.1 Å². The smallest absolute Gasteiger partial charge is 0.225 e. The van der Waals surface area contributed by atoms with Crippen LogP contribution < -0.4 is 4.90 Å². The summed E-state index contributed by atoms with van der Waals surface area (Å²) in [5.41, 5.74) is 1.01. The van der Waals surface area contributed by atoms with Crippen LogP contribution in [0.4, 0.5) is 5.95 Å². The van der Waals surface area contributed by atoms with Crippen molar-refractivity contribution in [3.05, 3.63) is 41.7 Å². The van der Waals surface area contributed by atoms with Crippen molar-refractivity contribution in [1.29, 1.82) is 0 Å². The van der Waals surface area contributed by atoms with Crippen molar-refractivity contribution in [2.75, 3.05) is 31.1 Å². The number of rotatable bonds is 3. The first-order valence-electron chi connectivity index (χ1n) is 9.55. The molecule has 4 rings (SSSR count). The van der Waals surface area contributed by atoms with E-state index >= 15 is 0 Å². The molecular weight excluding hydrogens is 348 g/mol. The van der Waals surface area contributed by atoms with Crippen LogP contribution in [-0.4, -0.2) is 46.5 Å². The highest BCUT2D eigenvalue weighted by atomic mass is 35.5. The maximum absolute atomic E-state index is 12.7. The summed E-state index contributed by atoms with van der Waals surface area (Å²) in [4.78, 5) is 21.6. The highest BCUT2D eigenvalue weighted by Crippen LogP contribution is 2.27. The molecule has 5 nitrogen and oxygen atoms in total. The molecular formula is C20H25ClN4O. The van der Waals surface area contributed by atoms with Gasteiger partial charge >= 0.3 is 0 Å². The lowest BCUT2D eigenvalue weighted by molar-refractivity contribution is -0.136. The minimum Gasteiger partial charge on any atom is -0.339 e. The quantitative estimate of drug-likeness (QED) is 0.823. The van der Waals surface area contributed by atoms with E-state index in [1.165, 1.54) is 19.3 Å². The van der Waals surface area contributed by atoms with Crippen LogP contribution in [0, 0.1) is 5.92 Å². The van der Waals surface area contributed by atoms with E-state index < -0.39 is 0 Å². The molecule has 0 unspecified atom stereocenters. The Hall–Kier alpha value is -2.01. The van der Waals surface area contributed by atoms with E-state index in [9.17, 15) is 4.79 Å². The van der Waals surface area contributed by atoms with Crippen molar-refractivity contribution >= 4 is 23.5 Å². The van der Waals surface area contributed by atoms with Gasteiger partial charge in [-0.25, -0.2) is 4.98 Å². The SMILES string of the molecule is O=C(C1CCCCC1)N1CCN(c2nccn2-c2cccc(Cl)c2)CC1. The summed E-state index contributed by atoms with van der Waals surface area (Å²) < 4.78 is 2.06. The van der Waals surface area contributed by atoms with Gasteiger partial charge in [-0.05, 0) is 31.0 Å². The maximum Gasteiger partial charge on any atom is 0.225 e. The number of halogens is 1. The number of nitrogens with zero attached hydrogens (tertiary/aromatic N) is 4. The van der Waals surface area contributed by atoms with Crippen molar-refractivity contribution in [3.8, 4) is 5.69 Å². The molecule has 1 saturated heterocycles. The first kappa shape index (κ1) is 17.4. The van der Waals surface area contributed by atoms with Crippen LogP contribution in [0.3, 0.4) is 0 Å². The molecule has 0 spiro atoms. The molecule has 0 N–H and O–H groups in total. The number of piperazine rings is 1. The van der Waals surface area contributed by atoms with Gasteiger partial charge in [0.2, 0.25) is 11.9 Å². The summed E-state index contributed by atoms with van der Waals surface area (Å²) in [6, 6.07) is 7.79. The van der Waals surface area contributed by atoms with E-state index in [1.807, 2.05) is 36.7 Å². The fourth-order valence-corrected chi connectivity index (χ4v) is 4.28. The van der Waals surface area contributed by atoms with Crippen LogP contribution in [-0.2, 0) is 4.79 Å². The zero-order valence-corrected chi connectivity index (χ0v) is 15.7.